The van der Waals surface area contributed by atoms with Crippen molar-refractivity contribution in [2.24, 2.45) is 0 Å². The van der Waals surface area contributed by atoms with Gasteiger partial charge in [0.25, 0.3) is 15.8 Å². The van der Waals surface area contributed by atoms with Crippen LogP contribution in [0.1, 0.15) is 5.56 Å². The molecule has 0 aliphatic rings. The zero-order valence-corrected chi connectivity index (χ0v) is 11.2. The van der Waals surface area contributed by atoms with Crippen LogP contribution in [0.25, 0.3) is 0 Å². The van der Waals surface area contributed by atoms with E-state index in [1.54, 1.807) is 0 Å². The molecule has 1 aromatic rings. The van der Waals surface area contributed by atoms with E-state index in [1.807, 2.05) is 22.6 Å². The quantitative estimate of drug-likeness (QED) is 0.354. The SMILES string of the molecule is CS(=O)(=O)OCc1ccc([N+](=O)[O-])cc1I. The molecule has 0 radical (unpaired) electrons. The van der Waals surface area contributed by atoms with Crippen molar-refractivity contribution in [3.05, 3.63) is 37.4 Å². The molecule has 0 spiro atoms. The van der Waals surface area contributed by atoms with Crippen LogP contribution in [0, 0.1) is 13.7 Å². The number of benzene rings is 1. The predicted octanol–water partition coefficient (Wildman–Crippen LogP) is 1.68. The molecule has 0 N–H and O–H groups in total. The first kappa shape index (κ1) is 13.3. The van der Waals surface area contributed by atoms with E-state index in [1.165, 1.54) is 18.2 Å². The lowest BCUT2D eigenvalue weighted by Crippen LogP contribution is -2.04. The third-order valence-electron chi connectivity index (χ3n) is 1.68. The Morgan fingerprint density at radius 2 is 2.12 bits per heavy atom. The molecule has 0 saturated carbocycles. The van der Waals surface area contributed by atoms with E-state index in [2.05, 4.69) is 4.18 Å². The highest BCUT2D eigenvalue weighted by molar-refractivity contribution is 14.1. The van der Waals surface area contributed by atoms with Gasteiger partial charge in [-0.25, -0.2) is 0 Å². The molecule has 8 heteroatoms. The summed E-state index contributed by atoms with van der Waals surface area (Å²) in [4.78, 5) is 9.95. The third-order valence-corrected chi connectivity index (χ3v) is 3.23. The summed E-state index contributed by atoms with van der Waals surface area (Å²) in [5.41, 5.74) is 0.559. The summed E-state index contributed by atoms with van der Waals surface area (Å²) in [7, 11) is -3.50. The maximum absolute atomic E-state index is 10.8. The van der Waals surface area contributed by atoms with E-state index < -0.39 is 15.0 Å². The highest BCUT2D eigenvalue weighted by Crippen LogP contribution is 2.20. The summed E-state index contributed by atoms with van der Waals surface area (Å²) in [5.74, 6) is 0. The lowest BCUT2D eigenvalue weighted by atomic mass is 10.2. The summed E-state index contributed by atoms with van der Waals surface area (Å²) < 4.78 is 26.7. The summed E-state index contributed by atoms with van der Waals surface area (Å²) >= 11 is 1.89. The molecule has 1 aromatic carbocycles. The van der Waals surface area contributed by atoms with E-state index in [0.29, 0.717) is 9.13 Å². The van der Waals surface area contributed by atoms with Gasteiger partial charge >= 0.3 is 0 Å². The second-order valence-electron chi connectivity index (χ2n) is 3.00. The van der Waals surface area contributed by atoms with E-state index in [-0.39, 0.29) is 12.3 Å². The molecular weight excluding hydrogens is 349 g/mol. The van der Waals surface area contributed by atoms with Gasteiger partial charge in [0.05, 0.1) is 17.8 Å². The van der Waals surface area contributed by atoms with Gasteiger partial charge in [-0.1, -0.05) is 0 Å². The largest absolute Gasteiger partial charge is 0.270 e. The molecule has 0 aliphatic heterocycles. The van der Waals surface area contributed by atoms with Gasteiger partial charge in [-0.15, -0.1) is 0 Å². The number of rotatable bonds is 4. The lowest BCUT2D eigenvalue weighted by molar-refractivity contribution is -0.385. The van der Waals surface area contributed by atoms with Crippen molar-refractivity contribution in [1.82, 2.24) is 0 Å². The van der Waals surface area contributed by atoms with Crippen LogP contribution in [0.4, 0.5) is 5.69 Å². The summed E-state index contributed by atoms with van der Waals surface area (Å²) in [5, 5.41) is 10.5. The summed E-state index contributed by atoms with van der Waals surface area (Å²) in [6.07, 6.45) is 0.950. The zero-order chi connectivity index (χ0) is 12.3. The van der Waals surface area contributed by atoms with Crippen molar-refractivity contribution in [2.45, 2.75) is 6.61 Å². The number of nitro groups is 1. The lowest BCUT2D eigenvalue weighted by Gasteiger charge is -2.03. The van der Waals surface area contributed by atoms with Gasteiger partial charge in [0.2, 0.25) is 0 Å². The molecule has 0 bridgehead atoms. The van der Waals surface area contributed by atoms with E-state index >= 15 is 0 Å². The second-order valence-corrected chi connectivity index (χ2v) is 5.81. The first-order valence-electron chi connectivity index (χ1n) is 4.07. The molecule has 0 unspecified atom stereocenters. The van der Waals surface area contributed by atoms with E-state index in [4.69, 9.17) is 0 Å². The van der Waals surface area contributed by atoms with Gasteiger partial charge < -0.3 is 0 Å². The van der Waals surface area contributed by atoms with Gasteiger partial charge in [-0.05, 0) is 34.2 Å². The first-order chi connectivity index (χ1) is 7.29. The molecule has 88 valence electrons. The van der Waals surface area contributed by atoms with Crippen molar-refractivity contribution in [3.63, 3.8) is 0 Å². The van der Waals surface area contributed by atoms with Gasteiger partial charge in [-0.3, -0.25) is 14.3 Å². The Bertz CT molecular complexity index is 513. The molecule has 0 heterocycles. The average Bonchev–Trinajstić information content (AvgIpc) is 2.14. The number of nitrogens with zero attached hydrogens (tertiary/aromatic N) is 1. The molecular formula is C8H8INO5S. The number of halogens is 1. The van der Waals surface area contributed by atoms with E-state index in [0.717, 1.165) is 6.26 Å². The molecule has 0 atom stereocenters. The van der Waals surface area contributed by atoms with Crippen molar-refractivity contribution in [2.75, 3.05) is 6.26 Å². The van der Waals surface area contributed by atoms with Gasteiger partial charge in [0, 0.05) is 15.7 Å². The summed E-state index contributed by atoms with van der Waals surface area (Å²) in [6.45, 7) is -0.116. The van der Waals surface area contributed by atoms with Gasteiger partial charge in [-0.2, -0.15) is 8.42 Å². The smallest absolute Gasteiger partial charge is 0.265 e. The predicted molar refractivity (Wildman–Crippen MR) is 65.4 cm³/mol. The minimum Gasteiger partial charge on any atom is -0.265 e. The zero-order valence-electron chi connectivity index (χ0n) is 8.21. The van der Waals surface area contributed by atoms with Crippen LogP contribution in [0.5, 0.6) is 0 Å². The fourth-order valence-electron chi connectivity index (χ4n) is 0.937. The van der Waals surface area contributed by atoms with Crippen molar-refractivity contribution >= 4 is 38.4 Å². The Kier molecular flexibility index (Phi) is 4.21. The monoisotopic (exact) mass is 357 g/mol. The Labute approximate surface area is 106 Å². The molecule has 0 saturated heterocycles. The number of nitro benzene ring substituents is 1. The van der Waals surface area contributed by atoms with Crippen LogP contribution < -0.4 is 0 Å². The fourth-order valence-corrected chi connectivity index (χ4v) is 1.93. The van der Waals surface area contributed by atoms with Crippen LogP contribution >= 0.6 is 22.6 Å². The normalized spacial score (nSPS) is 11.4. The minimum absolute atomic E-state index is 0.0347. The third kappa shape index (κ3) is 4.02. The standard InChI is InChI=1S/C8H8INO5S/c1-16(13,14)15-5-6-2-3-7(10(11)12)4-8(6)9/h2-4H,5H2,1H3. The average molecular weight is 357 g/mol. The number of non-ortho nitro benzene ring substituents is 1. The number of hydrogen-bond acceptors (Lipinski definition) is 5. The van der Waals surface area contributed by atoms with E-state index in [9.17, 15) is 18.5 Å². The maximum Gasteiger partial charge on any atom is 0.270 e. The Morgan fingerprint density at radius 1 is 1.50 bits per heavy atom. The molecule has 0 amide bonds. The van der Waals surface area contributed by atoms with Crippen LogP contribution in [0.3, 0.4) is 0 Å². The molecule has 6 nitrogen and oxygen atoms in total. The molecule has 16 heavy (non-hydrogen) atoms. The van der Waals surface area contributed by atoms with Crippen LogP contribution in [-0.2, 0) is 20.9 Å². The Morgan fingerprint density at radius 3 is 2.56 bits per heavy atom. The maximum atomic E-state index is 10.8. The van der Waals surface area contributed by atoms with Crippen LogP contribution in [-0.4, -0.2) is 19.6 Å². The topological polar surface area (TPSA) is 86.5 Å². The van der Waals surface area contributed by atoms with Crippen molar-refractivity contribution in [3.8, 4) is 0 Å². The van der Waals surface area contributed by atoms with Gasteiger partial charge in [0.1, 0.15) is 0 Å². The molecule has 1 rings (SSSR count). The molecule has 0 aliphatic carbocycles. The van der Waals surface area contributed by atoms with Crippen LogP contribution in [0.15, 0.2) is 18.2 Å². The minimum atomic E-state index is -3.50. The van der Waals surface area contributed by atoms with Gasteiger partial charge in [0.15, 0.2) is 0 Å². The number of hydrogen-bond donors (Lipinski definition) is 0. The van der Waals surface area contributed by atoms with Crippen molar-refractivity contribution in [1.29, 1.82) is 0 Å². The Hall–Kier alpha value is -0.740. The van der Waals surface area contributed by atoms with Crippen LogP contribution in [0.2, 0.25) is 0 Å². The fraction of sp³-hybridized carbons (Fsp3) is 0.250. The Balaban J connectivity index is 2.88. The highest BCUT2D eigenvalue weighted by Gasteiger charge is 2.10. The second kappa shape index (κ2) is 5.06. The molecule has 0 aromatic heterocycles. The molecule has 0 fully saturated rings. The van der Waals surface area contributed by atoms with Crippen molar-refractivity contribution < 1.29 is 17.5 Å². The highest BCUT2D eigenvalue weighted by atomic mass is 127. The first-order valence-corrected chi connectivity index (χ1v) is 6.96. The summed E-state index contributed by atoms with van der Waals surface area (Å²) in [6, 6.07) is 4.15.